The molecule has 0 unspecified atom stereocenters. The van der Waals surface area contributed by atoms with Crippen molar-refractivity contribution >= 4 is 22.2 Å². The fourth-order valence-electron chi connectivity index (χ4n) is 3.03. The molecule has 23 heavy (non-hydrogen) atoms. The van der Waals surface area contributed by atoms with Crippen molar-refractivity contribution in [1.82, 2.24) is 24.5 Å². The molecule has 6 heteroatoms. The highest BCUT2D eigenvalue weighted by atomic mass is 16.1. The Bertz CT molecular complexity index is 1080. The van der Waals surface area contributed by atoms with E-state index in [4.69, 9.17) is 0 Å². The summed E-state index contributed by atoms with van der Waals surface area (Å²) in [5, 5.41) is 1.06. The number of fused-ring (bicyclic) bond motifs is 2. The molecule has 1 aliphatic carbocycles. The van der Waals surface area contributed by atoms with Crippen molar-refractivity contribution in [3.05, 3.63) is 47.3 Å². The zero-order chi connectivity index (χ0) is 15.4. The van der Waals surface area contributed by atoms with Crippen LogP contribution in [0.25, 0.3) is 33.3 Å². The van der Waals surface area contributed by atoms with Crippen LogP contribution < -0.4 is 5.69 Å². The SMILES string of the molecule is O=c1[nH]c2ncc(-c3cnc4[nH]ccc4c3)cc2n1CC1CC1. The van der Waals surface area contributed by atoms with Gasteiger partial charge in [0.05, 0.1) is 5.52 Å². The molecular formula is C17H15N5O. The lowest BCUT2D eigenvalue weighted by Crippen LogP contribution is -2.17. The fourth-order valence-corrected chi connectivity index (χ4v) is 3.03. The highest BCUT2D eigenvalue weighted by Crippen LogP contribution is 2.31. The van der Waals surface area contributed by atoms with E-state index in [1.807, 2.05) is 29.1 Å². The van der Waals surface area contributed by atoms with Crippen molar-refractivity contribution in [2.75, 3.05) is 0 Å². The van der Waals surface area contributed by atoms with E-state index in [1.165, 1.54) is 12.8 Å². The Balaban J connectivity index is 1.67. The zero-order valence-corrected chi connectivity index (χ0v) is 12.4. The largest absolute Gasteiger partial charge is 0.346 e. The number of hydrogen-bond acceptors (Lipinski definition) is 3. The highest BCUT2D eigenvalue weighted by molar-refractivity contribution is 5.84. The minimum Gasteiger partial charge on any atom is -0.346 e. The fraction of sp³-hybridized carbons (Fsp3) is 0.235. The third-order valence-corrected chi connectivity index (χ3v) is 4.50. The summed E-state index contributed by atoms with van der Waals surface area (Å²) in [7, 11) is 0. The molecule has 0 radical (unpaired) electrons. The van der Waals surface area contributed by atoms with Crippen molar-refractivity contribution in [3.8, 4) is 11.1 Å². The Morgan fingerprint density at radius 3 is 2.74 bits per heavy atom. The summed E-state index contributed by atoms with van der Waals surface area (Å²) < 4.78 is 1.81. The molecule has 6 nitrogen and oxygen atoms in total. The first-order valence-corrected chi connectivity index (χ1v) is 7.80. The predicted octanol–water partition coefficient (Wildman–Crippen LogP) is 2.68. The van der Waals surface area contributed by atoms with Gasteiger partial charge in [-0.25, -0.2) is 14.8 Å². The number of rotatable bonds is 3. The molecule has 0 saturated heterocycles. The Labute approximate surface area is 131 Å². The second kappa shape index (κ2) is 4.55. The molecule has 4 heterocycles. The quantitative estimate of drug-likeness (QED) is 0.610. The van der Waals surface area contributed by atoms with Crippen LogP contribution in [0.15, 0.2) is 41.6 Å². The van der Waals surface area contributed by atoms with Gasteiger partial charge in [-0.3, -0.25) is 9.55 Å². The first-order chi connectivity index (χ1) is 11.3. The monoisotopic (exact) mass is 305 g/mol. The lowest BCUT2D eigenvalue weighted by Gasteiger charge is -2.04. The van der Waals surface area contributed by atoms with Gasteiger partial charge in [0, 0.05) is 41.6 Å². The molecule has 4 aromatic rings. The molecule has 0 aromatic carbocycles. The molecule has 0 aliphatic heterocycles. The van der Waals surface area contributed by atoms with Crippen LogP contribution in [0.3, 0.4) is 0 Å². The summed E-state index contributed by atoms with van der Waals surface area (Å²) in [5.41, 5.74) is 4.28. The summed E-state index contributed by atoms with van der Waals surface area (Å²) >= 11 is 0. The molecular weight excluding hydrogens is 290 g/mol. The van der Waals surface area contributed by atoms with Gasteiger partial charge in [0.1, 0.15) is 5.65 Å². The summed E-state index contributed by atoms with van der Waals surface area (Å²) in [6.07, 6.45) is 7.91. The third kappa shape index (κ3) is 2.06. The van der Waals surface area contributed by atoms with Gasteiger partial charge in [-0.2, -0.15) is 0 Å². The summed E-state index contributed by atoms with van der Waals surface area (Å²) in [6, 6.07) is 6.10. The maximum absolute atomic E-state index is 12.1. The molecule has 4 aromatic heterocycles. The van der Waals surface area contributed by atoms with Crippen LogP contribution >= 0.6 is 0 Å². The van der Waals surface area contributed by atoms with Gasteiger partial charge in [0.15, 0.2) is 5.65 Å². The van der Waals surface area contributed by atoms with Crippen LogP contribution in [0, 0.1) is 5.92 Å². The average molecular weight is 305 g/mol. The number of nitrogens with one attached hydrogen (secondary N) is 2. The summed E-state index contributed by atoms with van der Waals surface area (Å²) in [4.78, 5) is 26.9. The molecule has 0 spiro atoms. The van der Waals surface area contributed by atoms with E-state index in [2.05, 4.69) is 26.0 Å². The van der Waals surface area contributed by atoms with E-state index < -0.39 is 0 Å². The first kappa shape index (κ1) is 12.6. The number of aromatic nitrogens is 5. The van der Waals surface area contributed by atoms with Crippen molar-refractivity contribution in [2.45, 2.75) is 19.4 Å². The van der Waals surface area contributed by atoms with Gasteiger partial charge < -0.3 is 4.98 Å². The van der Waals surface area contributed by atoms with Gasteiger partial charge in [-0.1, -0.05) is 0 Å². The molecule has 2 N–H and O–H groups in total. The standard InChI is InChI=1S/C17H15N5O/c23-17-21-16-14(22(17)9-10-1-2-10)6-13(8-20-16)12-5-11-3-4-18-15(11)19-7-12/h3-8,10H,1-2,9H2,(H,18,19)(H,20,21,23). The van der Waals surface area contributed by atoms with Gasteiger partial charge in [0.2, 0.25) is 0 Å². The first-order valence-electron chi connectivity index (χ1n) is 7.80. The number of nitrogens with zero attached hydrogens (tertiary/aromatic N) is 3. The number of pyridine rings is 2. The zero-order valence-electron chi connectivity index (χ0n) is 12.4. The van der Waals surface area contributed by atoms with Crippen molar-refractivity contribution in [3.63, 3.8) is 0 Å². The second-order valence-electron chi connectivity index (χ2n) is 6.22. The average Bonchev–Trinajstić information content (AvgIpc) is 3.17. The van der Waals surface area contributed by atoms with Gasteiger partial charge in [-0.15, -0.1) is 0 Å². The molecule has 0 bridgehead atoms. The van der Waals surface area contributed by atoms with E-state index in [0.29, 0.717) is 11.6 Å². The minimum atomic E-state index is -0.0734. The van der Waals surface area contributed by atoms with Gasteiger partial charge in [0.25, 0.3) is 0 Å². The summed E-state index contributed by atoms with van der Waals surface area (Å²) in [6.45, 7) is 0.777. The van der Waals surface area contributed by atoms with Gasteiger partial charge in [-0.05, 0) is 37.0 Å². The van der Waals surface area contributed by atoms with Crippen molar-refractivity contribution in [2.24, 2.45) is 5.92 Å². The topological polar surface area (TPSA) is 79.4 Å². The smallest absolute Gasteiger partial charge is 0.327 e. The van der Waals surface area contributed by atoms with Gasteiger partial charge >= 0.3 is 5.69 Å². The molecule has 114 valence electrons. The molecule has 5 rings (SSSR count). The van der Waals surface area contributed by atoms with Crippen LogP contribution in [0.4, 0.5) is 0 Å². The maximum atomic E-state index is 12.1. The third-order valence-electron chi connectivity index (χ3n) is 4.50. The number of H-pyrrole nitrogens is 2. The molecule has 1 aliphatic rings. The Morgan fingerprint density at radius 2 is 1.91 bits per heavy atom. The molecule has 1 saturated carbocycles. The Morgan fingerprint density at radius 1 is 1.13 bits per heavy atom. The maximum Gasteiger partial charge on any atom is 0.327 e. The van der Waals surface area contributed by atoms with E-state index in [9.17, 15) is 4.79 Å². The summed E-state index contributed by atoms with van der Waals surface area (Å²) in [5.74, 6) is 0.633. The molecule has 0 atom stereocenters. The van der Waals surface area contributed by atoms with E-state index in [-0.39, 0.29) is 5.69 Å². The van der Waals surface area contributed by atoms with Crippen LogP contribution in [0.2, 0.25) is 0 Å². The van der Waals surface area contributed by atoms with Crippen LogP contribution in [0.1, 0.15) is 12.8 Å². The van der Waals surface area contributed by atoms with Crippen molar-refractivity contribution in [1.29, 1.82) is 0 Å². The van der Waals surface area contributed by atoms with E-state index in [1.54, 1.807) is 6.20 Å². The normalized spacial score (nSPS) is 14.8. The Kier molecular flexibility index (Phi) is 2.50. The van der Waals surface area contributed by atoms with Crippen LogP contribution in [-0.4, -0.2) is 24.5 Å². The number of aromatic amines is 2. The second-order valence-corrected chi connectivity index (χ2v) is 6.22. The minimum absolute atomic E-state index is 0.0734. The van der Waals surface area contributed by atoms with Crippen molar-refractivity contribution < 1.29 is 0 Å². The highest BCUT2D eigenvalue weighted by Gasteiger charge is 2.23. The lowest BCUT2D eigenvalue weighted by molar-refractivity contribution is 0.624. The molecule has 1 fully saturated rings. The Hall–Kier alpha value is -2.89. The number of imidazole rings is 1. The van der Waals surface area contributed by atoms with E-state index in [0.717, 1.165) is 34.2 Å². The van der Waals surface area contributed by atoms with Crippen LogP contribution in [-0.2, 0) is 6.54 Å². The van der Waals surface area contributed by atoms with Crippen LogP contribution in [0.5, 0.6) is 0 Å². The van der Waals surface area contributed by atoms with E-state index >= 15 is 0 Å². The molecule has 0 amide bonds. The lowest BCUT2D eigenvalue weighted by atomic mass is 10.1. The number of hydrogen-bond donors (Lipinski definition) is 2. The predicted molar refractivity (Wildman–Crippen MR) is 88.2 cm³/mol.